The van der Waals surface area contributed by atoms with Crippen molar-refractivity contribution in [2.75, 3.05) is 5.32 Å². The molecular weight excluding hydrogens is 284 g/mol. The van der Waals surface area contributed by atoms with Gasteiger partial charge in [0.2, 0.25) is 6.54 Å². The third-order valence-electron chi connectivity index (χ3n) is 4.78. The molecule has 1 aromatic carbocycles. The number of carbonyl (C=O) groups excluding carboxylic acids is 1. The molecule has 1 fully saturated rings. The monoisotopic (exact) mass is 309 g/mol. The van der Waals surface area contributed by atoms with Gasteiger partial charge in [0.15, 0.2) is 12.4 Å². The second-order valence-electron chi connectivity index (χ2n) is 6.61. The van der Waals surface area contributed by atoms with E-state index in [-0.39, 0.29) is 5.91 Å². The highest BCUT2D eigenvalue weighted by Crippen LogP contribution is 2.33. The topological polar surface area (TPSA) is 33.0 Å². The normalized spacial score (nSPS) is 14.9. The van der Waals surface area contributed by atoms with E-state index in [1.54, 1.807) is 0 Å². The predicted molar refractivity (Wildman–Crippen MR) is 92.4 cm³/mol. The molecule has 1 saturated carbocycles. The van der Waals surface area contributed by atoms with Crippen molar-refractivity contribution in [2.24, 2.45) is 0 Å². The molecule has 0 atom stereocenters. The van der Waals surface area contributed by atoms with Gasteiger partial charge in [-0.3, -0.25) is 4.79 Å². The minimum atomic E-state index is 0.0240. The van der Waals surface area contributed by atoms with E-state index in [4.69, 9.17) is 0 Å². The van der Waals surface area contributed by atoms with Crippen LogP contribution in [-0.4, -0.2) is 5.91 Å². The molecule has 0 bridgehead atoms. The van der Waals surface area contributed by atoms with Crippen LogP contribution >= 0.6 is 0 Å². The first-order chi connectivity index (χ1) is 11.1. The third-order valence-corrected chi connectivity index (χ3v) is 4.78. The van der Waals surface area contributed by atoms with E-state index in [1.807, 2.05) is 42.8 Å². The second-order valence-corrected chi connectivity index (χ2v) is 6.61. The molecule has 3 heteroatoms. The van der Waals surface area contributed by atoms with Gasteiger partial charge in [-0.2, -0.15) is 4.57 Å². The molecule has 1 aliphatic carbocycles. The maximum atomic E-state index is 12.4. The molecule has 1 aromatic heterocycles. The molecule has 1 heterocycles. The first-order valence-corrected chi connectivity index (χ1v) is 8.48. The first kappa shape index (κ1) is 15.7. The number of anilines is 1. The molecule has 0 saturated heterocycles. The van der Waals surface area contributed by atoms with Gasteiger partial charge in [-0.25, -0.2) is 0 Å². The van der Waals surface area contributed by atoms with Crippen LogP contribution in [0.2, 0.25) is 0 Å². The van der Waals surface area contributed by atoms with Crippen molar-refractivity contribution in [1.82, 2.24) is 0 Å². The molecule has 1 amide bonds. The summed E-state index contributed by atoms with van der Waals surface area (Å²) in [5, 5.41) is 3.06. The number of aromatic nitrogens is 1. The Morgan fingerprint density at radius 3 is 2.52 bits per heavy atom. The number of carbonyl (C=O) groups is 1. The summed E-state index contributed by atoms with van der Waals surface area (Å²) in [6.07, 6.45) is 9.32. The van der Waals surface area contributed by atoms with E-state index in [0.717, 1.165) is 16.8 Å². The van der Waals surface area contributed by atoms with Crippen molar-refractivity contribution in [3.05, 3.63) is 59.4 Å². The Morgan fingerprint density at radius 1 is 1.13 bits per heavy atom. The average Bonchev–Trinajstić information content (AvgIpc) is 3.06. The minimum Gasteiger partial charge on any atom is -0.320 e. The lowest BCUT2D eigenvalue weighted by atomic mass is 10.00. The van der Waals surface area contributed by atoms with Crippen LogP contribution in [-0.2, 0) is 11.3 Å². The Hall–Kier alpha value is -2.16. The highest BCUT2D eigenvalue weighted by molar-refractivity contribution is 5.91. The van der Waals surface area contributed by atoms with Gasteiger partial charge in [0.1, 0.15) is 0 Å². The number of hydrogen-bond acceptors (Lipinski definition) is 1. The molecule has 0 unspecified atom stereocenters. The smallest absolute Gasteiger partial charge is 0.290 e. The van der Waals surface area contributed by atoms with Crippen LogP contribution in [0.5, 0.6) is 0 Å². The number of aryl methyl sites for hydroxylation is 2. The van der Waals surface area contributed by atoms with Crippen LogP contribution in [0.4, 0.5) is 5.69 Å². The van der Waals surface area contributed by atoms with Crippen LogP contribution in [0.1, 0.15) is 48.3 Å². The molecule has 1 aliphatic rings. The van der Waals surface area contributed by atoms with Crippen molar-refractivity contribution in [1.29, 1.82) is 0 Å². The molecule has 23 heavy (non-hydrogen) atoms. The lowest BCUT2D eigenvalue weighted by molar-refractivity contribution is -0.684. The highest BCUT2D eigenvalue weighted by atomic mass is 16.1. The summed E-state index contributed by atoms with van der Waals surface area (Å²) in [4.78, 5) is 12.4. The third kappa shape index (κ3) is 3.79. The first-order valence-electron chi connectivity index (χ1n) is 8.48. The quantitative estimate of drug-likeness (QED) is 0.854. The summed E-state index contributed by atoms with van der Waals surface area (Å²) < 4.78 is 2.00. The average molecular weight is 309 g/mol. The summed E-state index contributed by atoms with van der Waals surface area (Å²) in [5.41, 5.74) is 4.50. The second kappa shape index (κ2) is 6.95. The molecule has 1 N–H and O–H groups in total. The maximum Gasteiger partial charge on any atom is 0.290 e. The van der Waals surface area contributed by atoms with E-state index < -0.39 is 0 Å². The summed E-state index contributed by atoms with van der Waals surface area (Å²) >= 11 is 0. The summed E-state index contributed by atoms with van der Waals surface area (Å²) in [7, 11) is 0. The van der Waals surface area contributed by atoms with Crippen molar-refractivity contribution in [2.45, 2.75) is 52.0 Å². The van der Waals surface area contributed by atoms with Crippen molar-refractivity contribution < 1.29 is 9.36 Å². The van der Waals surface area contributed by atoms with Crippen LogP contribution in [0.25, 0.3) is 0 Å². The van der Waals surface area contributed by atoms with Gasteiger partial charge in [0.05, 0.1) is 0 Å². The largest absolute Gasteiger partial charge is 0.320 e. The van der Waals surface area contributed by atoms with E-state index in [0.29, 0.717) is 12.5 Å². The van der Waals surface area contributed by atoms with Gasteiger partial charge >= 0.3 is 0 Å². The molecule has 0 spiro atoms. The number of para-hydroxylation sites is 1. The van der Waals surface area contributed by atoms with Gasteiger partial charge in [0.25, 0.3) is 5.91 Å². The number of amides is 1. The Bertz CT molecular complexity index is 682. The van der Waals surface area contributed by atoms with E-state index in [2.05, 4.69) is 23.6 Å². The Balaban J connectivity index is 1.69. The summed E-state index contributed by atoms with van der Waals surface area (Å²) in [6.45, 7) is 4.40. The predicted octanol–water partition coefficient (Wildman–Crippen LogP) is 3.89. The fourth-order valence-electron chi connectivity index (χ4n) is 3.50. The Kier molecular flexibility index (Phi) is 4.75. The molecule has 3 rings (SSSR count). The van der Waals surface area contributed by atoms with Gasteiger partial charge in [-0.05, 0) is 49.8 Å². The SMILES string of the molecule is Cc1cccc(C)c1NC(=O)C[n+]1cccc(C2CCCC2)c1. The number of nitrogens with zero attached hydrogens (tertiary/aromatic N) is 1. The highest BCUT2D eigenvalue weighted by Gasteiger charge is 2.20. The number of rotatable bonds is 4. The van der Waals surface area contributed by atoms with Crippen LogP contribution in [0, 0.1) is 13.8 Å². The fraction of sp³-hybridized carbons (Fsp3) is 0.400. The Labute approximate surface area is 138 Å². The Morgan fingerprint density at radius 2 is 1.83 bits per heavy atom. The zero-order valence-corrected chi connectivity index (χ0v) is 14.0. The lowest BCUT2D eigenvalue weighted by Crippen LogP contribution is -2.40. The molecule has 2 aromatic rings. The van der Waals surface area contributed by atoms with Crippen molar-refractivity contribution >= 4 is 11.6 Å². The van der Waals surface area contributed by atoms with E-state index in [1.165, 1.54) is 31.2 Å². The zero-order valence-electron chi connectivity index (χ0n) is 14.0. The standard InChI is InChI=1S/C20H24N2O/c1-15-7-5-8-16(2)20(15)21-19(23)14-22-12-6-11-18(13-22)17-9-3-4-10-17/h5-8,11-13,17H,3-4,9-10,14H2,1-2H3/p+1. The van der Waals surface area contributed by atoms with Gasteiger partial charge in [0, 0.05) is 17.3 Å². The minimum absolute atomic E-state index is 0.0240. The van der Waals surface area contributed by atoms with Gasteiger partial charge in [-0.15, -0.1) is 0 Å². The van der Waals surface area contributed by atoms with Gasteiger partial charge in [-0.1, -0.05) is 31.0 Å². The lowest BCUT2D eigenvalue weighted by Gasteiger charge is -2.11. The summed E-state index contributed by atoms with van der Waals surface area (Å²) in [6, 6.07) is 10.3. The van der Waals surface area contributed by atoms with Crippen LogP contribution < -0.4 is 9.88 Å². The van der Waals surface area contributed by atoms with Crippen molar-refractivity contribution in [3.63, 3.8) is 0 Å². The number of pyridine rings is 1. The molecular formula is C20H25N2O+. The van der Waals surface area contributed by atoms with E-state index >= 15 is 0 Å². The number of hydrogen-bond donors (Lipinski definition) is 1. The number of benzene rings is 1. The zero-order chi connectivity index (χ0) is 16.2. The summed E-state index contributed by atoms with van der Waals surface area (Å²) in [5.74, 6) is 0.695. The molecule has 0 aliphatic heterocycles. The van der Waals surface area contributed by atoms with Crippen LogP contribution in [0.3, 0.4) is 0 Å². The van der Waals surface area contributed by atoms with Crippen molar-refractivity contribution in [3.8, 4) is 0 Å². The van der Waals surface area contributed by atoms with E-state index in [9.17, 15) is 4.79 Å². The van der Waals surface area contributed by atoms with Gasteiger partial charge < -0.3 is 5.32 Å². The molecule has 3 nitrogen and oxygen atoms in total. The van der Waals surface area contributed by atoms with Crippen LogP contribution in [0.15, 0.2) is 42.7 Å². The maximum absolute atomic E-state index is 12.4. The number of nitrogens with one attached hydrogen (secondary N) is 1. The molecule has 120 valence electrons. The molecule has 0 radical (unpaired) electrons. The fourth-order valence-corrected chi connectivity index (χ4v) is 3.50.